The third kappa shape index (κ3) is 3.52. The first-order chi connectivity index (χ1) is 9.92. The summed E-state index contributed by atoms with van der Waals surface area (Å²) in [6.45, 7) is 0.607. The van der Waals surface area contributed by atoms with E-state index in [-0.39, 0.29) is 6.61 Å². The van der Waals surface area contributed by atoms with Crippen molar-refractivity contribution in [1.82, 2.24) is 19.2 Å². The molecule has 0 radical (unpaired) electrons. The standard InChI is InChI=1S/C13H16F2N4OS/c1-17(6-9-3-4-10(14)11(15)5-9)8-19-13(21)18(2)12(7-20)16-19/h3-5,20H,6-8H2,1-2H3. The van der Waals surface area contributed by atoms with Crippen LogP contribution in [0.1, 0.15) is 11.4 Å². The van der Waals surface area contributed by atoms with Crippen molar-refractivity contribution in [1.29, 1.82) is 0 Å². The fourth-order valence-electron chi connectivity index (χ4n) is 1.99. The van der Waals surface area contributed by atoms with Crippen LogP contribution in [-0.4, -0.2) is 31.4 Å². The molecule has 21 heavy (non-hydrogen) atoms. The van der Waals surface area contributed by atoms with Crippen molar-refractivity contribution >= 4 is 12.2 Å². The van der Waals surface area contributed by atoms with E-state index in [1.165, 1.54) is 12.1 Å². The van der Waals surface area contributed by atoms with E-state index in [4.69, 9.17) is 17.3 Å². The Kier molecular flexibility index (Phi) is 4.81. The Balaban J connectivity index is 2.09. The molecular formula is C13H16F2N4OS. The number of nitrogens with zero attached hydrogens (tertiary/aromatic N) is 4. The molecule has 0 aliphatic heterocycles. The highest BCUT2D eigenvalue weighted by molar-refractivity contribution is 7.71. The van der Waals surface area contributed by atoms with Crippen molar-refractivity contribution in [2.24, 2.45) is 7.05 Å². The van der Waals surface area contributed by atoms with Gasteiger partial charge in [-0.2, -0.15) is 5.10 Å². The highest BCUT2D eigenvalue weighted by Crippen LogP contribution is 2.11. The van der Waals surface area contributed by atoms with Gasteiger partial charge in [0.25, 0.3) is 0 Å². The van der Waals surface area contributed by atoms with Gasteiger partial charge in [0.1, 0.15) is 6.61 Å². The fourth-order valence-corrected chi connectivity index (χ4v) is 2.19. The van der Waals surface area contributed by atoms with Crippen LogP contribution in [0.5, 0.6) is 0 Å². The van der Waals surface area contributed by atoms with Gasteiger partial charge in [-0.1, -0.05) is 6.07 Å². The third-order valence-electron chi connectivity index (χ3n) is 3.08. The van der Waals surface area contributed by atoms with Crippen molar-refractivity contribution in [3.8, 4) is 0 Å². The number of hydrogen-bond acceptors (Lipinski definition) is 4. The summed E-state index contributed by atoms with van der Waals surface area (Å²) < 4.78 is 29.7. The van der Waals surface area contributed by atoms with Crippen molar-refractivity contribution < 1.29 is 13.9 Å². The lowest BCUT2D eigenvalue weighted by molar-refractivity contribution is 0.238. The molecule has 114 valence electrons. The first kappa shape index (κ1) is 15.7. The summed E-state index contributed by atoms with van der Waals surface area (Å²) in [5.74, 6) is -1.25. The molecule has 0 unspecified atom stereocenters. The van der Waals surface area contributed by atoms with Crippen LogP contribution in [0.3, 0.4) is 0 Å². The van der Waals surface area contributed by atoms with Crippen molar-refractivity contribution in [2.75, 3.05) is 7.05 Å². The monoisotopic (exact) mass is 314 g/mol. The second kappa shape index (κ2) is 6.42. The molecule has 0 bridgehead atoms. The Morgan fingerprint density at radius 3 is 2.62 bits per heavy atom. The molecule has 0 aliphatic rings. The lowest BCUT2D eigenvalue weighted by Crippen LogP contribution is -2.22. The van der Waals surface area contributed by atoms with E-state index in [1.807, 2.05) is 11.9 Å². The number of aliphatic hydroxyl groups is 1. The minimum Gasteiger partial charge on any atom is -0.388 e. The molecule has 1 heterocycles. The second-order valence-corrected chi connectivity index (χ2v) is 5.18. The van der Waals surface area contributed by atoms with Crippen molar-refractivity contribution in [2.45, 2.75) is 19.8 Å². The molecule has 8 heteroatoms. The molecule has 0 aliphatic carbocycles. The maximum absolute atomic E-state index is 13.2. The molecule has 1 aromatic heterocycles. The molecule has 2 aromatic rings. The van der Waals surface area contributed by atoms with Gasteiger partial charge in [-0.25, -0.2) is 13.5 Å². The summed E-state index contributed by atoms with van der Waals surface area (Å²) in [6, 6.07) is 3.81. The highest BCUT2D eigenvalue weighted by atomic mass is 32.1. The molecule has 1 N–H and O–H groups in total. The quantitative estimate of drug-likeness (QED) is 0.855. The molecule has 0 atom stereocenters. The lowest BCUT2D eigenvalue weighted by Gasteiger charge is -2.16. The Labute approximate surface area is 126 Å². The topological polar surface area (TPSA) is 46.2 Å². The van der Waals surface area contributed by atoms with Crippen LogP contribution in [0.25, 0.3) is 0 Å². The average molecular weight is 314 g/mol. The summed E-state index contributed by atoms with van der Waals surface area (Å²) in [6.07, 6.45) is 0. The molecule has 0 fully saturated rings. The van der Waals surface area contributed by atoms with Gasteiger partial charge in [-0.3, -0.25) is 4.90 Å². The molecule has 0 amide bonds. The Bertz CT molecular complexity index is 698. The van der Waals surface area contributed by atoms with Crippen LogP contribution < -0.4 is 0 Å². The number of rotatable bonds is 5. The molecule has 0 spiro atoms. The zero-order chi connectivity index (χ0) is 15.6. The number of hydrogen-bond donors (Lipinski definition) is 1. The van der Waals surface area contributed by atoms with Gasteiger partial charge < -0.3 is 9.67 Å². The van der Waals surface area contributed by atoms with Gasteiger partial charge in [0, 0.05) is 13.6 Å². The minimum absolute atomic E-state index is 0.194. The Morgan fingerprint density at radius 2 is 2.05 bits per heavy atom. The maximum Gasteiger partial charge on any atom is 0.198 e. The third-order valence-corrected chi connectivity index (χ3v) is 3.57. The van der Waals surface area contributed by atoms with E-state index in [1.54, 1.807) is 16.3 Å². The van der Waals surface area contributed by atoms with Gasteiger partial charge >= 0.3 is 0 Å². The highest BCUT2D eigenvalue weighted by Gasteiger charge is 2.10. The van der Waals surface area contributed by atoms with Gasteiger partial charge in [0.2, 0.25) is 0 Å². The smallest absolute Gasteiger partial charge is 0.198 e. The van der Waals surface area contributed by atoms with Crippen LogP contribution in [0, 0.1) is 16.4 Å². The van der Waals surface area contributed by atoms with Crippen LogP contribution >= 0.6 is 12.2 Å². The fraction of sp³-hybridized carbons (Fsp3) is 0.385. The van der Waals surface area contributed by atoms with E-state index in [9.17, 15) is 8.78 Å². The Hall–Kier alpha value is -1.64. The maximum atomic E-state index is 13.2. The molecule has 0 saturated heterocycles. The minimum atomic E-state index is -0.863. The number of halogens is 2. The summed E-state index contributed by atoms with van der Waals surface area (Å²) in [4.78, 5) is 1.86. The average Bonchev–Trinajstić information content (AvgIpc) is 2.70. The predicted molar refractivity (Wildman–Crippen MR) is 75.8 cm³/mol. The summed E-state index contributed by atoms with van der Waals surface area (Å²) >= 11 is 5.22. The van der Waals surface area contributed by atoms with Crippen LogP contribution in [0.2, 0.25) is 0 Å². The molecule has 5 nitrogen and oxygen atoms in total. The molecule has 2 rings (SSSR count). The van der Waals surface area contributed by atoms with Gasteiger partial charge in [-0.05, 0) is 37.0 Å². The van der Waals surface area contributed by atoms with E-state index in [0.29, 0.717) is 29.4 Å². The second-order valence-electron chi connectivity index (χ2n) is 4.82. The van der Waals surface area contributed by atoms with E-state index < -0.39 is 11.6 Å². The number of aliphatic hydroxyl groups excluding tert-OH is 1. The Morgan fingerprint density at radius 1 is 1.33 bits per heavy atom. The zero-order valence-corrected chi connectivity index (χ0v) is 12.6. The molecular weight excluding hydrogens is 298 g/mol. The van der Waals surface area contributed by atoms with Crippen LogP contribution in [-0.2, 0) is 26.9 Å². The summed E-state index contributed by atoms with van der Waals surface area (Å²) in [7, 11) is 3.54. The SMILES string of the molecule is CN(Cc1ccc(F)c(F)c1)Cn1nc(CO)n(C)c1=S. The zero-order valence-electron chi connectivity index (χ0n) is 11.8. The lowest BCUT2D eigenvalue weighted by atomic mass is 10.2. The summed E-state index contributed by atoms with van der Waals surface area (Å²) in [5, 5.41) is 13.3. The van der Waals surface area contributed by atoms with Crippen LogP contribution in [0.15, 0.2) is 18.2 Å². The first-order valence-electron chi connectivity index (χ1n) is 6.28. The number of aromatic nitrogens is 3. The van der Waals surface area contributed by atoms with E-state index in [0.717, 1.165) is 6.07 Å². The van der Waals surface area contributed by atoms with Gasteiger partial charge in [0.05, 0.1) is 6.67 Å². The van der Waals surface area contributed by atoms with Gasteiger partial charge in [0.15, 0.2) is 22.2 Å². The normalized spacial score (nSPS) is 11.3. The first-order valence-corrected chi connectivity index (χ1v) is 6.69. The van der Waals surface area contributed by atoms with Crippen molar-refractivity contribution in [3.63, 3.8) is 0 Å². The van der Waals surface area contributed by atoms with Crippen LogP contribution in [0.4, 0.5) is 8.78 Å². The van der Waals surface area contributed by atoms with E-state index >= 15 is 0 Å². The number of benzene rings is 1. The largest absolute Gasteiger partial charge is 0.388 e. The van der Waals surface area contributed by atoms with Gasteiger partial charge in [-0.15, -0.1) is 0 Å². The summed E-state index contributed by atoms with van der Waals surface area (Å²) in [5.41, 5.74) is 0.654. The van der Waals surface area contributed by atoms with E-state index in [2.05, 4.69) is 5.10 Å². The molecule has 1 aromatic carbocycles. The van der Waals surface area contributed by atoms with Crippen molar-refractivity contribution in [3.05, 3.63) is 46.0 Å². The molecule has 0 saturated carbocycles. The predicted octanol–water partition coefficient (Wildman–Crippen LogP) is 1.81.